The second-order valence-electron chi connectivity index (χ2n) is 6.24. The number of allylic oxidation sites excluding steroid dienone is 2. The Morgan fingerprint density at radius 3 is 2.75 bits per heavy atom. The molecule has 1 aliphatic heterocycles. The minimum atomic E-state index is -0.540. The summed E-state index contributed by atoms with van der Waals surface area (Å²) < 4.78 is 5.78. The molecule has 0 saturated carbocycles. The van der Waals surface area contributed by atoms with Crippen molar-refractivity contribution in [1.82, 2.24) is 5.48 Å². The molecule has 3 rings (SSSR count). The van der Waals surface area contributed by atoms with Crippen molar-refractivity contribution in [2.75, 3.05) is 6.61 Å². The molecule has 0 aromatic heterocycles. The number of hydroxylamine groups is 1. The molecule has 0 radical (unpaired) electrons. The molecule has 126 valence electrons. The molecule has 1 aromatic carbocycles. The van der Waals surface area contributed by atoms with Crippen LogP contribution in [0.25, 0.3) is 0 Å². The first-order valence-corrected chi connectivity index (χ1v) is 8.22. The van der Waals surface area contributed by atoms with Crippen molar-refractivity contribution in [3.05, 3.63) is 77.6 Å². The zero-order valence-corrected chi connectivity index (χ0v) is 14.0. The van der Waals surface area contributed by atoms with E-state index in [1.807, 2.05) is 36.4 Å². The Morgan fingerprint density at radius 2 is 2.00 bits per heavy atom. The molecule has 4 nitrogen and oxygen atoms in total. The first kappa shape index (κ1) is 16.6. The van der Waals surface area contributed by atoms with Gasteiger partial charge >= 0.3 is 0 Å². The average molecular weight is 325 g/mol. The normalized spacial score (nSPS) is 22.8. The van der Waals surface area contributed by atoms with Crippen molar-refractivity contribution in [2.45, 2.75) is 31.9 Å². The molecule has 2 aliphatic rings. The molecule has 24 heavy (non-hydrogen) atoms. The van der Waals surface area contributed by atoms with Crippen LogP contribution in [0.2, 0.25) is 0 Å². The lowest BCUT2D eigenvalue weighted by Crippen LogP contribution is -2.22. The lowest BCUT2D eigenvalue weighted by Gasteiger charge is -2.09. The van der Waals surface area contributed by atoms with Crippen molar-refractivity contribution < 1.29 is 14.7 Å². The number of ether oxygens (including phenoxy) is 1. The summed E-state index contributed by atoms with van der Waals surface area (Å²) in [6.07, 6.45) is 10.6. The lowest BCUT2D eigenvalue weighted by molar-refractivity contribution is 0.101. The van der Waals surface area contributed by atoms with E-state index in [2.05, 4.69) is 31.5 Å². The lowest BCUT2D eigenvalue weighted by atomic mass is 10.0. The fourth-order valence-electron chi connectivity index (χ4n) is 2.56. The molecule has 0 fully saturated rings. The van der Waals surface area contributed by atoms with E-state index in [0.29, 0.717) is 12.5 Å². The van der Waals surface area contributed by atoms with Crippen LogP contribution in [0, 0.1) is 0 Å². The van der Waals surface area contributed by atoms with E-state index < -0.39 is 6.10 Å². The van der Waals surface area contributed by atoms with Crippen LogP contribution in [0.5, 0.6) is 5.75 Å². The van der Waals surface area contributed by atoms with E-state index in [4.69, 9.17) is 9.57 Å². The number of aliphatic hydroxyl groups is 1. The minimum Gasteiger partial charge on any atom is -0.486 e. The van der Waals surface area contributed by atoms with Crippen LogP contribution in [0.15, 0.2) is 72.1 Å². The van der Waals surface area contributed by atoms with Crippen LogP contribution < -0.4 is 10.2 Å². The summed E-state index contributed by atoms with van der Waals surface area (Å²) in [4.78, 5) is 5.49. The van der Waals surface area contributed by atoms with E-state index in [-0.39, 0.29) is 6.04 Å². The predicted octanol–water partition coefficient (Wildman–Crippen LogP) is 3.39. The van der Waals surface area contributed by atoms with Gasteiger partial charge in [-0.2, -0.15) is 0 Å². The Kier molecular flexibility index (Phi) is 5.18. The van der Waals surface area contributed by atoms with Gasteiger partial charge in [0.1, 0.15) is 12.4 Å². The Balaban J connectivity index is 1.58. The topological polar surface area (TPSA) is 50.7 Å². The van der Waals surface area contributed by atoms with Crippen LogP contribution in [-0.4, -0.2) is 23.9 Å². The van der Waals surface area contributed by atoms with Crippen LogP contribution in [0.4, 0.5) is 0 Å². The number of rotatable bonds is 5. The number of benzene rings is 1. The van der Waals surface area contributed by atoms with Gasteiger partial charge in [-0.3, -0.25) is 0 Å². The summed E-state index contributed by atoms with van der Waals surface area (Å²) in [5.74, 6) is 2.08. The molecule has 2 atom stereocenters. The van der Waals surface area contributed by atoms with Gasteiger partial charge in [-0.25, -0.2) is 0 Å². The first-order chi connectivity index (χ1) is 11.6. The largest absolute Gasteiger partial charge is 0.486 e. The molecular formula is C20H23NO3. The molecular weight excluding hydrogens is 302 g/mol. The number of hydrogen-bond donors (Lipinski definition) is 2. The third-order valence-corrected chi connectivity index (χ3v) is 4.04. The summed E-state index contributed by atoms with van der Waals surface area (Å²) in [6.45, 7) is 4.72. The second kappa shape index (κ2) is 7.51. The highest BCUT2D eigenvalue weighted by atomic mass is 16.7. The van der Waals surface area contributed by atoms with E-state index in [0.717, 1.165) is 17.1 Å². The molecule has 0 bridgehead atoms. The van der Waals surface area contributed by atoms with Crippen molar-refractivity contribution in [2.24, 2.45) is 0 Å². The van der Waals surface area contributed by atoms with Crippen molar-refractivity contribution in [3.63, 3.8) is 0 Å². The van der Waals surface area contributed by atoms with Gasteiger partial charge in [0.25, 0.3) is 0 Å². The van der Waals surface area contributed by atoms with Crippen LogP contribution >= 0.6 is 0 Å². The number of aliphatic hydroxyl groups excluding tert-OH is 1. The van der Waals surface area contributed by atoms with Gasteiger partial charge in [0.2, 0.25) is 0 Å². The smallest absolute Gasteiger partial charge is 0.159 e. The third-order valence-electron chi connectivity index (χ3n) is 4.04. The van der Waals surface area contributed by atoms with Crippen LogP contribution in [0.1, 0.15) is 25.3 Å². The van der Waals surface area contributed by atoms with Crippen molar-refractivity contribution >= 4 is 0 Å². The third kappa shape index (κ3) is 4.16. The van der Waals surface area contributed by atoms with E-state index in [1.54, 1.807) is 12.2 Å². The molecule has 1 aliphatic carbocycles. The Morgan fingerprint density at radius 1 is 1.21 bits per heavy atom. The zero-order valence-electron chi connectivity index (χ0n) is 14.0. The average Bonchev–Trinajstić information content (AvgIpc) is 2.95. The molecule has 2 N–H and O–H groups in total. The maximum absolute atomic E-state index is 9.57. The molecule has 0 amide bonds. The molecule has 0 saturated heterocycles. The van der Waals surface area contributed by atoms with Gasteiger partial charge in [0, 0.05) is 0 Å². The summed E-state index contributed by atoms with van der Waals surface area (Å²) in [6, 6.07) is 8.10. The maximum atomic E-state index is 9.57. The monoisotopic (exact) mass is 325 g/mol. The van der Waals surface area contributed by atoms with Gasteiger partial charge in [0.05, 0.1) is 12.1 Å². The minimum absolute atomic E-state index is 0.0434. The second-order valence-corrected chi connectivity index (χ2v) is 6.24. The van der Waals surface area contributed by atoms with Crippen molar-refractivity contribution in [1.29, 1.82) is 0 Å². The van der Waals surface area contributed by atoms with Crippen LogP contribution in [-0.2, 0) is 4.84 Å². The highest BCUT2D eigenvalue weighted by Gasteiger charge is 2.20. The number of hydrogen-bond acceptors (Lipinski definition) is 4. The SMILES string of the molecule is CC(C)c1ccc(OCC2=CC(C3=CC=CC(O)C=C3)NO2)cc1. The van der Waals surface area contributed by atoms with Gasteiger partial charge in [-0.1, -0.05) is 56.4 Å². The molecule has 0 spiro atoms. The van der Waals surface area contributed by atoms with E-state index in [1.165, 1.54) is 5.56 Å². The summed E-state index contributed by atoms with van der Waals surface area (Å²) in [5, 5.41) is 9.57. The fraction of sp³-hybridized carbons (Fsp3) is 0.300. The van der Waals surface area contributed by atoms with Gasteiger partial charge in [-0.15, -0.1) is 5.48 Å². The Labute approximate surface area is 142 Å². The van der Waals surface area contributed by atoms with Crippen LogP contribution in [0.3, 0.4) is 0 Å². The van der Waals surface area contributed by atoms with Gasteiger partial charge in [0.15, 0.2) is 5.76 Å². The predicted molar refractivity (Wildman–Crippen MR) is 94.5 cm³/mol. The fourth-order valence-corrected chi connectivity index (χ4v) is 2.56. The quantitative estimate of drug-likeness (QED) is 0.871. The standard InChI is InChI=1S/C20H23NO3/c1-14(2)15-7-10-18(11-8-15)23-13-19-12-20(21-24-19)16-4-3-5-17(22)9-6-16/h3-12,14,17,20-22H,13H2,1-2H3. The van der Waals surface area contributed by atoms with E-state index in [9.17, 15) is 5.11 Å². The van der Waals surface area contributed by atoms with E-state index >= 15 is 0 Å². The molecule has 1 heterocycles. The van der Waals surface area contributed by atoms with Gasteiger partial charge in [-0.05, 0) is 35.3 Å². The highest BCUT2D eigenvalue weighted by Crippen LogP contribution is 2.21. The maximum Gasteiger partial charge on any atom is 0.159 e. The highest BCUT2D eigenvalue weighted by molar-refractivity contribution is 5.37. The summed E-state index contributed by atoms with van der Waals surface area (Å²) in [5.41, 5.74) is 5.29. The summed E-state index contributed by atoms with van der Waals surface area (Å²) in [7, 11) is 0. The Bertz CT molecular complexity index is 683. The van der Waals surface area contributed by atoms with Crippen molar-refractivity contribution in [3.8, 4) is 5.75 Å². The zero-order chi connectivity index (χ0) is 16.9. The first-order valence-electron chi connectivity index (χ1n) is 8.22. The molecule has 2 unspecified atom stereocenters. The number of nitrogens with one attached hydrogen (secondary N) is 1. The summed E-state index contributed by atoms with van der Waals surface area (Å²) >= 11 is 0. The molecule has 1 aromatic rings. The van der Waals surface area contributed by atoms with Gasteiger partial charge < -0.3 is 14.7 Å². The Hall–Kier alpha value is -2.30. The molecule has 4 heteroatoms.